The Morgan fingerprint density at radius 3 is 2.47 bits per heavy atom. The monoisotopic (exact) mass is 656 g/mol. The van der Waals surface area contributed by atoms with Crippen LogP contribution in [0.2, 0.25) is 0 Å². The van der Waals surface area contributed by atoms with Crippen LogP contribution in [0.15, 0.2) is 65.6 Å². The van der Waals surface area contributed by atoms with Crippen LogP contribution in [0, 0.1) is 17.6 Å². The first-order chi connectivity index (χ1) is 22.4. The number of fused-ring (bicyclic) bond motifs is 2. The topological polar surface area (TPSA) is 104 Å². The number of carbonyl (C=O) groups is 1. The molecular weight excluding hydrogens is 630 g/mol. The van der Waals surface area contributed by atoms with Crippen LogP contribution < -0.4 is 15.6 Å². The Hall–Kier alpha value is -5.21. The van der Waals surface area contributed by atoms with Gasteiger partial charge >= 0.3 is 0 Å². The maximum Gasteiger partial charge on any atom is 0.292 e. The largest absolute Gasteiger partial charge is 0.497 e. The molecule has 2 atom stereocenters. The van der Waals surface area contributed by atoms with Gasteiger partial charge in [-0.15, -0.1) is 0 Å². The number of methoxy groups -OCH3 is 1. The van der Waals surface area contributed by atoms with Crippen molar-refractivity contribution in [1.29, 1.82) is 0 Å². The number of rotatable bonds is 9. The van der Waals surface area contributed by atoms with Gasteiger partial charge in [-0.1, -0.05) is 6.92 Å². The van der Waals surface area contributed by atoms with E-state index in [1.807, 2.05) is 0 Å². The van der Waals surface area contributed by atoms with Gasteiger partial charge in [-0.3, -0.25) is 18.8 Å². The molecule has 1 amide bonds. The van der Waals surface area contributed by atoms with E-state index in [1.54, 1.807) is 24.3 Å². The molecule has 2 unspecified atom stereocenters. The molecule has 5 aromatic rings. The third-order valence-electron chi connectivity index (χ3n) is 8.04. The second-order valence-electron chi connectivity index (χ2n) is 11.2. The lowest BCUT2D eigenvalue weighted by molar-refractivity contribution is -0.123. The number of hydrogen-bond acceptors (Lipinski definition) is 6. The van der Waals surface area contributed by atoms with Gasteiger partial charge in [0.2, 0.25) is 5.91 Å². The second-order valence-corrected chi connectivity index (χ2v) is 11.2. The van der Waals surface area contributed by atoms with Crippen molar-refractivity contribution < 1.29 is 35.9 Å². The van der Waals surface area contributed by atoms with Crippen LogP contribution in [-0.4, -0.2) is 37.3 Å². The summed E-state index contributed by atoms with van der Waals surface area (Å²) in [7, 11) is 1.45. The van der Waals surface area contributed by atoms with E-state index in [0.29, 0.717) is 16.5 Å². The van der Waals surface area contributed by atoms with E-state index in [9.17, 15) is 27.2 Å². The number of alkyl halides is 4. The number of amides is 1. The molecule has 0 fully saturated rings. The van der Waals surface area contributed by atoms with Crippen molar-refractivity contribution in [2.24, 2.45) is 5.92 Å². The summed E-state index contributed by atoms with van der Waals surface area (Å²) >= 11 is 0. The Balaban J connectivity index is 1.47. The minimum Gasteiger partial charge on any atom is -0.497 e. The third-order valence-corrected chi connectivity index (χ3v) is 8.04. The lowest BCUT2D eigenvalue weighted by Crippen LogP contribution is -2.38. The molecule has 0 spiro atoms. The minimum absolute atomic E-state index is 0.00188. The van der Waals surface area contributed by atoms with Gasteiger partial charge < -0.3 is 10.1 Å². The van der Waals surface area contributed by atoms with E-state index in [-0.39, 0.29) is 46.5 Å². The summed E-state index contributed by atoms with van der Waals surface area (Å²) in [5, 5.41) is 6.39. The lowest BCUT2D eigenvalue weighted by Gasteiger charge is -2.23. The van der Waals surface area contributed by atoms with Gasteiger partial charge in [0.15, 0.2) is 5.65 Å². The van der Waals surface area contributed by atoms with E-state index in [0.717, 1.165) is 12.1 Å². The van der Waals surface area contributed by atoms with E-state index >= 15 is 8.78 Å². The van der Waals surface area contributed by atoms with Gasteiger partial charge in [0, 0.05) is 30.2 Å². The van der Waals surface area contributed by atoms with Crippen molar-refractivity contribution in [2.75, 3.05) is 7.11 Å². The molecule has 1 N–H and O–H groups in total. The maximum absolute atomic E-state index is 15.1. The van der Waals surface area contributed by atoms with Crippen molar-refractivity contribution in [1.82, 2.24) is 29.6 Å². The number of aromatic nitrogens is 5. The summed E-state index contributed by atoms with van der Waals surface area (Å²) in [6.07, 6.45) is -2.43. The van der Waals surface area contributed by atoms with Crippen LogP contribution in [0.4, 0.5) is 26.3 Å². The Labute approximate surface area is 262 Å². The molecule has 0 saturated carbocycles. The average Bonchev–Trinajstić information content (AvgIpc) is 3.49. The highest BCUT2D eigenvalue weighted by atomic mass is 19.3. The van der Waals surface area contributed by atoms with Gasteiger partial charge in [0.25, 0.3) is 17.9 Å². The Bertz CT molecular complexity index is 2030. The molecule has 15 heteroatoms. The van der Waals surface area contributed by atoms with Crippen molar-refractivity contribution >= 4 is 16.9 Å². The van der Waals surface area contributed by atoms with Crippen molar-refractivity contribution in [3.8, 4) is 11.4 Å². The van der Waals surface area contributed by atoms with Crippen molar-refractivity contribution in [2.45, 2.75) is 44.7 Å². The standard InChI is InChI=1S/C32H26F6N6O3/c1-16-10-23-26(28(35)36)42-43(27(23)32(16,37)38)15-25(45)40-24(13-17-11-18(33)14-19(34)12-17)30-41-29-22(4-3-9-39-29)31(46)44(30)20-5-7-21(47-2)8-6-20/h3-9,11-12,14,16,24,28H,10,13,15H2,1-2H3,(H,40,45). The highest BCUT2D eigenvalue weighted by Gasteiger charge is 2.51. The number of benzene rings is 2. The average molecular weight is 657 g/mol. The molecule has 244 valence electrons. The number of carbonyl (C=O) groups excluding carboxylic acids is 1. The van der Waals surface area contributed by atoms with Gasteiger partial charge in [-0.05, 0) is 60.5 Å². The van der Waals surface area contributed by atoms with Crippen molar-refractivity contribution in [3.05, 3.63) is 111 Å². The Morgan fingerprint density at radius 2 is 1.81 bits per heavy atom. The fourth-order valence-corrected chi connectivity index (χ4v) is 5.85. The summed E-state index contributed by atoms with van der Waals surface area (Å²) in [6.45, 7) is 0.315. The van der Waals surface area contributed by atoms with Crippen molar-refractivity contribution in [3.63, 3.8) is 0 Å². The molecule has 0 saturated heterocycles. The molecular formula is C32H26F6N6O3. The quantitative estimate of drug-likeness (QED) is 0.208. The molecule has 2 aromatic carbocycles. The summed E-state index contributed by atoms with van der Waals surface area (Å²) in [5.74, 6) is -7.25. The zero-order valence-electron chi connectivity index (χ0n) is 24.9. The molecule has 3 aromatic heterocycles. The van der Waals surface area contributed by atoms with E-state index in [4.69, 9.17) is 4.74 Å². The highest BCUT2D eigenvalue weighted by molar-refractivity contribution is 5.77. The van der Waals surface area contributed by atoms with Crippen LogP contribution in [0.3, 0.4) is 0 Å². The first-order valence-corrected chi connectivity index (χ1v) is 14.4. The van der Waals surface area contributed by atoms with Crippen LogP contribution in [-0.2, 0) is 30.1 Å². The number of pyridine rings is 1. The van der Waals surface area contributed by atoms with Crippen LogP contribution in [0.25, 0.3) is 16.7 Å². The first-order valence-electron chi connectivity index (χ1n) is 14.4. The molecule has 0 aliphatic heterocycles. The van der Waals surface area contributed by atoms with Crippen LogP contribution >= 0.6 is 0 Å². The van der Waals surface area contributed by atoms with E-state index < -0.39 is 65.3 Å². The molecule has 0 bridgehead atoms. The fraction of sp³-hybridized carbons (Fsp3) is 0.281. The smallest absolute Gasteiger partial charge is 0.292 e. The Morgan fingerprint density at radius 1 is 1.11 bits per heavy atom. The summed E-state index contributed by atoms with van der Waals surface area (Å²) in [4.78, 5) is 36.2. The highest BCUT2D eigenvalue weighted by Crippen LogP contribution is 2.48. The molecule has 9 nitrogen and oxygen atoms in total. The molecule has 6 rings (SSSR count). The summed E-state index contributed by atoms with van der Waals surface area (Å²) < 4.78 is 93.3. The van der Waals surface area contributed by atoms with E-state index in [1.165, 1.54) is 36.9 Å². The van der Waals surface area contributed by atoms with Crippen LogP contribution in [0.1, 0.15) is 47.7 Å². The van der Waals surface area contributed by atoms with E-state index in [2.05, 4.69) is 20.4 Å². The van der Waals surface area contributed by atoms with Gasteiger partial charge in [0.05, 0.1) is 24.2 Å². The third kappa shape index (κ3) is 5.92. The summed E-state index contributed by atoms with van der Waals surface area (Å²) in [6, 6.07) is 10.7. The molecule has 0 radical (unpaired) electrons. The fourth-order valence-electron chi connectivity index (χ4n) is 5.85. The molecule has 1 aliphatic carbocycles. The first kappa shape index (κ1) is 31.8. The molecule has 1 aliphatic rings. The summed E-state index contributed by atoms with van der Waals surface area (Å²) in [5.41, 5.74) is -2.16. The predicted octanol–water partition coefficient (Wildman–Crippen LogP) is 5.59. The number of nitrogens with zero attached hydrogens (tertiary/aromatic N) is 5. The number of nitrogens with one attached hydrogen (secondary N) is 1. The maximum atomic E-state index is 15.1. The number of hydrogen-bond donors (Lipinski definition) is 1. The predicted molar refractivity (Wildman–Crippen MR) is 157 cm³/mol. The second kappa shape index (κ2) is 12.2. The normalized spacial score (nSPS) is 16.0. The zero-order chi connectivity index (χ0) is 33.6. The van der Waals surface area contributed by atoms with Gasteiger partial charge in [-0.2, -0.15) is 13.9 Å². The SMILES string of the molecule is COc1ccc(-n2c(C(Cc3cc(F)cc(F)c3)NC(=O)Cn3nc(C(F)F)c4c3C(F)(F)C(C)C4)nc3ncccc3c2=O)cc1. The lowest BCUT2D eigenvalue weighted by atomic mass is 10.0. The van der Waals surface area contributed by atoms with Crippen LogP contribution in [0.5, 0.6) is 5.75 Å². The minimum atomic E-state index is -3.53. The number of ether oxygens (including phenoxy) is 1. The van der Waals surface area contributed by atoms with Gasteiger partial charge in [-0.25, -0.2) is 27.5 Å². The van der Waals surface area contributed by atoms with Gasteiger partial charge in [0.1, 0.15) is 41.1 Å². The zero-order valence-corrected chi connectivity index (χ0v) is 24.9. The Kier molecular flexibility index (Phi) is 8.24. The molecule has 47 heavy (non-hydrogen) atoms. The number of halogens is 6. The molecule has 3 heterocycles.